The number of nitrogens with one attached hydrogen (secondary N) is 1. The first-order valence-electron chi connectivity index (χ1n) is 8.69. The lowest BCUT2D eigenvalue weighted by atomic mass is 10.1. The molecule has 2 aromatic carbocycles. The molecule has 0 radical (unpaired) electrons. The van der Waals surface area contributed by atoms with Crippen LogP contribution in [-0.4, -0.2) is 22.8 Å². The maximum absolute atomic E-state index is 12.8. The van der Waals surface area contributed by atoms with Crippen LogP contribution in [0.3, 0.4) is 0 Å². The van der Waals surface area contributed by atoms with Gasteiger partial charge in [0.15, 0.2) is 5.82 Å². The van der Waals surface area contributed by atoms with Crippen molar-refractivity contribution in [3.63, 3.8) is 0 Å². The molecular weight excluding hydrogens is 358 g/mol. The van der Waals surface area contributed by atoms with E-state index in [2.05, 4.69) is 10.4 Å². The fourth-order valence-corrected chi connectivity index (χ4v) is 2.93. The number of hydrogen-bond donors (Lipinski definition) is 1. The van der Waals surface area contributed by atoms with Crippen LogP contribution >= 0.6 is 0 Å². The van der Waals surface area contributed by atoms with Crippen LogP contribution in [0.25, 0.3) is 11.0 Å². The van der Waals surface area contributed by atoms with Gasteiger partial charge >= 0.3 is 0 Å². The van der Waals surface area contributed by atoms with Crippen LogP contribution in [0.2, 0.25) is 0 Å². The Kier molecular flexibility index (Phi) is 4.49. The number of aryl methyl sites for hydroxylation is 2. The van der Waals surface area contributed by atoms with Crippen molar-refractivity contribution < 1.29 is 18.7 Å². The highest BCUT2D eigenvalue weighted by Gasteiger charge is 2.17. The molecule has 0 fully saturated rings. The molecule has 142 valence electrons. The highest BCUT2D eigenvalue weighted by atomic mass is 16.5. The van der Waals surface area contributed by atoms with Crippen molar-refractivity contribution in [2.75, 3.05) is 12.4 Å². The summed E-state index contributed by atoms with van der Waals surface area (Å²) in [6.45, 7) is 1.84. The largest absolute Gasteiger partial charge is 0.497 e. The molecule has 0 aliphatic rings. The standard InChI is InChI=1S/C21H19N3O4/c1-13-10-14-11-17(28-16-6-4-15(26-3)5-7-16)12-18(20(14)27-13)21(25)22-19-8-9-24(2)23-19/h4-12H,1-3H3,(H,22,23,25). The summed E-state index contributed by atoms with van der Waals surface area (Å²) in [5.41, 5.74) is 0.882. The Balaban J connectivity index is 1.68. The number of rotatable bonds is 5. The van der Waals surface area contributed by atoms with E-state index < -0.39 is 0 Å². The summed E-state index contributed by atoms with van der Waals surface area (Å²) in [5.74, 6) is 2.76. The number of fused-ring (bicyclic) bond motifs is 1. The molecule has 0 unspecified atom stereocenters. The van der Waals surface area contributed by atoms with E-state index in [1.807, 2.05) is 31.2 Å². The van der Waals surface area contributed by atoms with Crippen molar-refractivity contribution in [2.45, 2.75) is 6.92 Å². The number of benzene rings is 2. The summed E-state index contributed by atoms with van der Waals surface area (Å²) in [7, 11) is 3.39. The van der Waals surface area contributed by atoms with Gasteiger partial charge in [-0.2, -0.15) is 5.10 Å². The van der Waals surface area contributed by atoms with E-state index in [9.17, 15) is 4.79 Å². The predicted molar refractivity (Wildman–Crippen MR) is 105 cm³/mol. The van der Waals surface area contributed by atoms with Gasteiger partial charge < -0.3 is 19.2 Å². The molecule has 0 bridgehead atoms. The molecule has 0 atom stereocenters. The third-order valence-corrected chi connectivity index (χ3v) is 4.21. The average molecular weight is 377 g/mol. The smallest absolute Gasteiger partial charge is 0.260 e. The number of furan rings is 1. The summed E-state index contributed by atoms with van der Waals surface area (Å²) in [6, 6.07) is 14.3. The Morgan fingerprint density at radius 3 is 2.50 bits per heavy atom. The van der Waals surface area contributed by atoms with Gasteiger partial charge in [-0.3, -0.25) is 9.48 Å². The molecular formula is C21H19N3O4. The molecule has 0 aliphatic heterocycles. The van der Waals surface area contributed by atoms with Crippen molar-refractivity contribution in [2.24, 2.45) is 7.05 Å². The molecule has 0 aliphatic carbocycles. The highest BCUT2D eigenvalue weighted by molar-refractivity contribution is 6.11. The van der Waals surface area contributed by atoms with Gasteiger partial charge in [0.25, 0.3) is 5.91 Å². The second-order valence-electron chi connectivity index (χ2n) is 6.35. The number of amides is 1. The van der Waals surface area contributed by atoms with Crippen LogP contribution < -0.4 is 14.8 Å². The normalized spacial score (nSPS) is 10.8. The topological polar surface area (TPSA) is 78.5 Å². The molecule has 7 heteroatoms. The third kappa shape index (κ3) is 3.55. The predicted octanol–water partition coefficient (Wildman–Crippen LogP) is 4.53. The van der Waals surface area contributed by atoms with Gasteiger partial charge in [0.1, 0.15) is 28.6 Å². The maximum Gasteiger partial charge on any atom is 0.260 e. The molecule has 7 nitrogen and oxygen atoms in total. The SMILES string of the molecule is COc1ccc(Oc2cc(C(=O)Nc3ccn(C)n3)c3oc(C)cc3c2)cc1. The van der Waals surface area contributed by atoms with Crippen molar-refractivity contribution in [1.82, 2.24) is 9.78 Å². The molecule has 1 N–H and O–H groups in total. The lowest BCUT2D eigenvalue weighted by Crippen LogP contribution is -2.13. The van der Waals surface area contributed by atoms with Gasteiger partial charge in [0.05, 0.1) is 12.7 Å². The first-order chi connectivity index (χ1) is 13.5. The molecule has 2 aromatic heterocycles. The molecule has 0 saturated heterocycles. The first kappa shape index (κ1) is 17.7. The van der Waals surface area contributed by atoms with E-state index in [0.717, 1.165) is 11.1 Å². The van der Waals surface area contributed by atoms with Gasteiger partial charge in [-0.15, -0.1) is 0 Å². The third-order valence-electron chi connectivity index (χ3n) is 4.21. The zero-order valence-electron chi connectivity index (χ0n) is 15.7. The molecule has 4 aromatic rings. The zero-order valence-corrected chi connectivity index (χ0v) is 15.7. The van der Waals surface area contributed by atoms with E-state index in [1.165, 1.54) is 0 Å². The van der Waals surface area contributed by atoms with Gasteiger partial charge in [0.2, 0.25) is 0 Å². The second kappa shape index (κ2) is 7.11. The van der Waals surface area contributed by atoms with Crippen molar-refractivity contribution >= 4 is 22.7 Å². The summed E-state index contributed by atoms with van der Waals surface area (Å²) < 4.78 is 18.5. The quantitative estimate of drug-likeness (QED) is 0.553. The minimum absolute atomic E-state index is 0.321. The Hall–Kier alpha value is -3.74. The fourth-order valence-electron chi connectivity index (χ4n) is 2.93. The van der Waals surface area contributed by atoms with Crippen molar-refractivity contribution in [3.8, 4) is 17.2 Å². The van der Waals surface area contributed by atoms with E-state index in [1.54, 1.807) is 49.3 Å². The number of anilines is 1. The number of ether oxygens (including phenoxy) is 2. The van der Waals surface area contributed by atoms with E-state index in [4.69, 9.17) is 13.9 Å². The van der Waals surface area contributed by atoms with Gasteiger partial charge in [-0.05, 0) is 49.4 Å². The highest BCUT2D eigenvalue weighted by Crippen LogP contribution is 2.32. The van der Waals surface area contributed by atoms with Crippen LogP contribution in [0.1, 0.15) is 16.1 Å². The number of methoxy groups -OCH3 is 1. The van der Waals surface area contributed by atoms with E-state index in [0.29, 0.717) is 34.2 Å². The summed E-state index contributed by atoms with van der Waals surface area (Å²) in [5, 5.41) is 7.75. The minimum atomic E-state index is -0.321. The maximum atomic E-state index is 12.8. The van der Waals surface area contributed by atoms with Gasteiger partial charge in [-0.25, -0.2) is 0 Å². The van der Waals surface area contributed by atoms with Crippen LogP contribution in [0, 0.1) is 6.92 Å². The van der Waals surface area contributed by atoms with Crippen molar-refractivity contribution in [3.05, 3.63) is 66.1 Å². The van der Waals surface area contributed by atoms with Gasteiger partial charge in [-0.1, -0.05) is 0 Å². The molecule has 0 saturated carbocycles. The lowest BCUT2D eigenvalue weighted by molar-refractivity contribution is 0.102. The van der Waals surface area contributed by atoms with E-state index in [-0.39, 0.29) is 5.91 Å². The molecule has 28 heavy (non-hydrogen) atoms. The summed E-state index contributed by atoms with van der Waals surface area (Å²) >= 11 is 0. The molecule has 4 rings (SSSR count). The Morgan fingerprint density at radius 1 is 1.07 bits per heavy atom. The lowest BCUT2D eigenvalue weighted by Gasteiger charge is -2.09. The number of nitrogens with zero attached hydrogens (tertiary/aromatic N) is 2. The number of carbonyl (C=O) groups is 1. The monoisotopic (exact) mass is 377 g/mol. The molecule has 2 heterocycles. The Labute approximate surface area is 161 Å². The fraction of sp³-hybridized carbons (Fsp3) is 0.143. The van der Waals surface area contributed by atoms with E-state index >= 15 is 0 Å². The minimum Gasteiger partial charge on any atom is -0.497 e. The summed E-state index contributed by atoms with van der Waals surface area (Å²) in [4.78, 5) is 12.8. The first-order valence-corrected chi connectivity index (χ1v) is 8.69. The Bertz CT molecular complexity index is 1140. The van der Waals surface area contributed by atoms with Crippen LogP contribution in [0.5, 0.6) is 17.2 Å². The Morgan fingerprint density at radius 2 is 1.82 bits per heavy atom. The molecule has 1 amide bonds. The van der Waals surface area contributed by atoms with Crippen LogP contribution in [0.4, 0.5) is 5.82 Å². The van der Waals surface area contributed by atoms with Crippen LogP contribution in [0.15, 0.2) is 59.1 Å². The molecule has 0 spiro atoms. The zero-order chi connectivity index (χ0) is 19.7. The summed E-state index contributed by atoms with van der Waals surface area (Å²) in [6.07, 6.45) is 1.76. The average Bonchev–Trinajstić information content (AvgIpc) is 3.25. The number of carbonyl (C=O) groups excluding carboxylic acids is 1. The number of hydrogen-bond acceptors (Lipinski definition) is 5. The van der Waals surface area contributed by atoms with Crippen LogP contribution in [-0.2, 0) is 7.05 Å². The van der Waals surface area contributed by atoms with Crippen molar-refractivity contribution in [1.29, 1.82) is 0 Å². The number of aromatic nitrogens is 2. The van der Waals surface area contributed by atoms with Gasteiger partial charge in [0, 0.05) is 24.7 Å². The second-order valence-corrected chi connectivity index (χ2v) is 6.35.